The Bertz CT molecular complexity index is 1530. The Morgan fingerprint density at radius 1 is 1.29 bits per heavy atom. The molecule has 1 aromatic heterocycles. The lowest BCUT2D eigenvalue weighted by molar-refractivity contribution is 0.0736. The lowest BCUT2D eigenvalue weighted by atomic mass is 10.2. The highest BCUT2D eigenvalue weighted by Gasteiger charge is 2.29. The molecule has 0 saturated carbocycles. The molecule has 3 unspecified atom stereocenters. The summed E-state index contributed by atoms with van der Waals surface area (Å²) in [5.41, 5.74) is 1.33. The van der Waals surface area contributed by atoms with Crippen LogP contribution in [0.15, 0.2) is 76.8 Å². The quantitative estimate of drug-likeness (QED) is 0.363. The third kappa shape index (κ3) is 6.01. The van der Waals surface area contributed by atoms with Crippen LogP contribution < -0.4 is 14.8 Å². The maximum absolute atomic E-state index is 14.1. The van der Waals surface area contributed by atoms with Gasteiger partial charge in [-0.3, -0.25) is 0 Å². The highest BCUT2D eigenvalue weighted by molar-refractivity contribution is 7.97. The molecule has 2 N–H and O–H groups in total. The molecule has 0 radical (unpaired) electrons. The van der Waals surface area contributed by atoms with Crippen molar-refractivity contribution in [3.05, 3.63) is 78.3 Å². The van der Waals surface area contributed by atoms with Gasteiger partial charge in [-0.1, -0.05) is 24.8 Å². The van der Waals surface area contributed by atoms with Crippen molar-refractivity contribution in [1.82, 2.24) is 9.97 Å². The van der Waals surface area contributed by atoms with Gasteiger partial charge in [-0.25, -0.2) is 18.6 Å². The van der Waals surface area contributed by atoms with E-state index in [1.165, 1.54) is 31.6 Å². The van der Waals surface area contributed by atoms with Crippen molar-refractivity contribution in [2.75, 3.05) is 31.9 Å². The summed E-state index contributed by atoms with van der Waals surface area (Å²) in [5, 5.41) is 13.8. The Labute approximate surface area is 220 Å². The number of aromatic nitrogens is 2. The van der Waals surface area contributed by atoms with Gasteiger partial charge < -0.3 is 24.6 Å². The molecule has 11 heteroatoms. The van der Waals surface area contributed by atoms with Crippen molar-refractivity contribution in [2.45, 2.75) is 19.1 Å². The molecule has 1 saturated heterocycles. The maximum atomic E-state index is 14.1. The molecule has 38 heavy (non-hydrogen) atoms. The molecule has 0 bridgehead atoms. The van der Waals surface area contributed by atoms with Crippen LogP contribution >= 0.6 is 0 Å². The maximum Gasteiger partial charge on any atom is 0.150 e. The van der Waals surface area contributed by atoms with Gasteiger partial charge in [-0.05, 0) is 31.2 Å². The second-order valence-electron chi connectivity index (χ2n) is 8.47. The van der Waals surface area contributed by atoms with Gasteiger partial charge in [0.2, 0.25) is 0 Å². The molecular weight excluding hydrogens is 511 g/mol. The number of nitrogens with one attached hydrogen (secondary N) is 1. The Morgan fingerprint density at radius 2 is 2.11 bits per heavy atom. The van der Waals surface area contributed by atoms with Crippen LogP contribution in [0.3, 0.4) is 0 Å². The van der Waals surface area contributed by atoms with E-state index < -0.39 is 27.8 Å². The van der Waals surface area contributed by atoms with Gasteiger partial charge in [0, 0.05) is 23.3 Å². The first-order valence-corrected chi connectivity index (χ1v) is 13.7. The molecule has 4 rings (SSSR count). The number of allylic oxidation sites excluding steroid dienone is 4. The predicted molar refractivity (Wildman–Crippen MR) is 146 cm³/mol. The minimum absolute atomic E-state index is 0.147. The van der Waals surface area contributed by atoms with Crippen LogP contribution in [0.5, 0.6) is 11.5 Å². The summed E-state index contributed by atoms with van der Waals surface area (Å²) < 4.78 is 48.7. The number of methoxy groups -OCH3 is 1. The second kappa shape index (κ2) is 11.7. The lowest BCUT2D eigenvalue weighted by Crippen LogP contribution is -2.30. The zero-order valence-corrected chi connectivity index (χ0v) is 22.1. The summed E-state index contributed by atoms with van der Waals surface area (Å²) in [5.74, 6) is 0.460. The summed E-state index contributed by atoms with van der Waals surface area (Å²) in [4.78, 5) is 9.28. The van der Waals surface area contributed by atoms with Gasteiger partial charge in [-0.15, -0.1) is 0 Å². The first-order chi connectivity index (χ1) is 18.2. The average molecular weight is 541 g/mol. The molecule has 1 aliphatic heterocycles. The van der Waals surface area contributed by atoms with Crippen LogP contribution in [0.1, 0.15) is 6.92 Å². The highest BCUT2D eigenvalue weighted by atomic mass is 32.2. The Kier molecular flexibility index (Phi) is 8.40. The van der Waals surface area contributed by atoms with Crippen LogP contribution in [-0.4, -0.2) is 58.1 Å². The topological polar surface area (TPSA) is 115 Å². The number of halogens is 1. The first-order valence-electron chi connectivity index (χ1n) is 11.7. The van der Waals surface area contributed by atoms with Gasteiger partial charge in [0.25, 0.3) is 0 Å². The highest BCUT2D eigenvalue weighted by Crippen LogP contribution is 2.38. The fraction of sp³-hybridized carbons (Fsp3) is 0.259. The second-order valence-corrected chi connectivity index (χ2v) is 10.7. The van der Waals surface area contributed by atoms with Gasteiger partial charge in [-0.2, -0.15) is 4.36 Å². The minimum Gasteiger partial charge on any atom is -0.496 e. The molecule has 3 atom stereocenters. The van der Waals surface area contributed by atoms with E-state index in [1.807, 2.05) is 0 Å². The number of hydrogen-bond donors (Lipinski definition) is 2. The summed E-state index contributed by atoms with van der Waals surface area (Å²) in [6.07, 6.45) is 8.22. The standard InChI is InChI=1S/C27H29FN4O5S/c1-5-7-8-19(6-2)38(4,34)32-18-12-21-26(24(13-18)35-3)27(30-16-29-21)31-20-10-9-17(28)11-23(20)37-25-15-36-14-22(25)33/h5-13,16,22,25,33H,1,14-15H2,2-4H3,(H,29,30,31)/b8-7-,19-6+. The SMILES string of the molecule is C=C/C=C\C(=C/C)S(C)(=O)=Nc1cc(OC)c2c(Nc3ccc(F)cc3OC3COCC3O)ncnc2c1. The van der Waals surface area contributed by atoms with E-state index in [4.69, 9.17) is 14.2 Å². The zero-order chi connectivity index (χ0) is 27.3. The molecule has 2 aromatic carbocycles. The van der Waals surface area contributed by atoms with E-state index in [2.05, 4.69) is 26.2 Å². The number of benzene rings is 2. The monoisotopic (exact) mass is 540 g/mol. The normalized spacial score (nSPS) is 19.3. The lowest BCUT2D eigenvalue weighted by Gasteiger charge is -2.19. The number of aliphatic hydroxyl groups is 1. The largest absolute Gasteiger partial charge is 0.496 e. The predicted octanol–water partition coefficient (Wildman–Crippen LogP) is 5.03. The van der Waals surface area contributed by atoms with Gasteiger partial charge in [0.05, 0.1) is 52.3 Å². The fourth-order valence-corrected chi connectivity index (χ4v) is 5.31. The molecule has 1 aliphatic rings. The molecule has 0 amide bonds. The van der Waals surface area contributed by atoms with E-state index in [0.29, 0.717) is 38.8 Å². The van der Waals surface area contributed by atoms with Crippen molar-refractivity contribution in [1.29, 1.82) is 0 Å². The van der Waals surface area contributed by atoms with E-state index in [1.54, 1.807) is 49.6 Å². The van der Waals surface area contributed by atoms with Gasteiger partial charge >= 0.3 is 0 Å². The number of nitrogens with zero attached hydrogens (tertiary/aromatic N) is 3. The summed E-state index contributed by atoms with van der Waals surface area (Å²) in [7, 11) is -1.27. The molecule has 3 aromatic rings. The Morgan fingerprint density at radius 3 is 2.79 bits per heavy atom. The van der Waals surface area contributed by atoms with E-state index >= 15 is 0 Å². The number of ether oxygens (including phenoxy) is 3. The molecule has 0 aliphatic carbocycles. The van der Waals surface area contributed by atoms with Crippen molar-refractivity contribution in [3.63, 3.8) is 0 Å². The van der Waals surface area contributed by atoms with Crippen LogP contribution in [0.25, 0.3) is 10.9 Å². The number of anilines is 2. The number of rotatable bonds is 9. The van der Waals surface area contributed by atoms with Crippen molar-refractivity contribution in [2.24, 2.45) is 4.36 Å². The van der Waals surface area contributed by atoms with Gasteiger partial charge in [0.1, 0.15) is 35.6 Å². The first kappa shape index (κ1) is 27.2. The smallest absolute Gasteiger partial charge is 0.150 e. The number of fused-ring (bicyclic) bond motifs is 1. The molecular formula is C27H29FN4O5S. The number of hydrogen-bond acceptors (Lipinski definition) is 9. The summed E-state index contributed by atoms with van der Waals surface area (Å²) in [6.45, 7) is 5.78. The Balaban J connectivity index is 1.75. The minimum atomic E-state index is -2.77. The third-order valence-electron chi connectivity index (χ3n) is 5.78. The van der Waals surface area contributed by atoms with Crippen LogP contribution in [-0.2, 0) is 14.5 Å². The summed E-state index contributed by atoms with van der Waals surface area (Å²) >= 11 is 0. The average Bonchev–Trinajstić information content (AvgIpc) is 3.29. The molecule has 200 valence electrons. The van der Waals surface area contributed by atoms with Crippen molar-refractivity contribution >= 4 is 37.8 Å². The molecule has 0 spiro atoms. The van der Waals surface area contributed by atoms with Crippen molar-refractivity contribution < 1.29 is 27.9 Å². The van der Waals surface area contributed by atoms with Crippen LogP contribution in [0.2, 0.25) is 0 Å². The zero-order valence-electron chi connectivity index (χ0n) is 21.3. The van der Waals surface area contributed by atoms with E-state index in [9.17, 15) is 13.7 Å². The molecule has 2 heterocycles. The Hall–Kier alpha value is -3.80. The van der Waals surface area contributed by atoms with Crippen LogP contribution in [0, 0.1) is 5.82 Å². The van der Waals surface area contributed by atoms with E-state index in [-0.39, 0.29) is 19.0 Å². The molecule has 1 fully saturated rings. The van der Waals surface area contributed by atoms with Gasteiger partial charge in [0.15, 0.2) is 6.10 Å². The molecule has 9 nitrogen and oxygen atoms in total. The fourth-order valence-electron chi connectivity index (χ4n) is 3.93. The third-order valence-corrected chi connectivity index (χ3v) is 7.59. The number of aliphatic hydroxyl groups excluding tert-OH is 1. The van der Waals surface area contributed by atoms with E-state index in [0.717, 1.165) is 0 Å². The van der Waals surface area contributed by atoms with Crippen molar-refractivity contribution in [3.8, 4) is 11.5 Å². The summed E-state index contributed by atoms with van der Waals surface area (Å²) in [6, 6.07) is 7.36. The van der Waals surface area contributed by atoms with Crippen LogP contribution in [0.4, 0.5) is 21.6 Å².